The molecular weight excluding hydrogens is 704 g/mol. The summed E-state index contributed by atoms with van der Waals surface area (Å²) in [6, 6.07) is 0. The molecule has 0 fully saturated rings. The normalized spacial score (nSPS) is 0. The molecule has 0 aliphatic carbocycles. The molecule has 0 saturated carbocycles. The van der Waals surface area contributed by atoms with E-state index < -0.39 is 0 Å². The summed E-state index contributed by atoms with van der Waals surface area (Å²) in [6.07, 6.45) is 0. The van der Waals surface area contributed by atoms with Gasteiger partial charge in [-0.2, -0.15) is 0 Å². The van der Waals surface area contributed by atoms with E-state index in [9.17, 15) is 0 Å². The molecule has 0 amide bonds. The SMILES string of the molecule is [Cd].[Ga].[In].[O-2].[Pb+2].[Sn].[Zn]. The van der Waals surface area contributed by atoms with Gasteiger partial charge in [0, 0.05) is 116 Å². The van der Waals surface area contributed by atoms with E-state index in [0.717, 1.165) is 0 Å². The fourth-order valence-corrected chi connectivity index (χ4v) is 0. The molecule has 24 valence electrons. The minimum Gasteiger partial charge on any atom is -2.00 e. The van der Waals surface area contributed by atoms with Gasteiger partial charge in [-0.1, -0.05) is 0 Å². The maximum Gasteiger partial charge on any atom is 2.00 e. The first-order valence-corrected chi connectivity index (χ1v) is 0. The van der Waals surface area contributed by atoms with Crippen LogP contribution in [0.1, 0.15) is 0 Å². The Morgan fingerprint density at radius 3 is 1.00 bits per heavy atom. The predicted octanol–water partition coefficient (Wildman–Crippen LogP) is -1.65. The van der Waals surface area contributed by atoms with Gasteiger partial charge in [0.15, 0.2) is 0 Å². The summed E-state index contributed by atoms with van der Waals surface area (Å²) in [6.45, 7) is 0. The van der Waals surface area contributed by atoms with Crippen molar-refractivity contribution < 1.29 is 52.3 Å². The summed E-state index contributed by atoms with van der Waals surface area (Å²) in [5, 5.41) is 0. The Balaban J connectivity index is 0. The third kappa shape index (κ3) is 36.5. The van der Waals surface area contributed by atoms with Gasteiger partial charge in [0.1, 0.15) is 0 Å². The van der Waals surface area contributed by atoms with Crippen LogP contribution in [0.2, 0.25) is 0 Å². The summed E-state index contributed by atoms with van der Waals surface area (Å²) in [4.78, 5) is 0. The Morgan fingerprint density at radius 2 is 1.00 bits per heavy atom. The molecule has 0 N–H and O–H groups in total. The molecule has 0 spiro atoms. The molecule has 0 unspecified atom stereocenters. The molecule has 0 aromatic heterocycles. The van der Waals surface area contributed by atoms with Gasteiger partial charge in [-0.15, -0.1) is 0 Å². The van der Waals surface area contributed by atoms with Crippen molar-refractivity contribution in [3.63, 3.8) is 0 Å². The molecule has 12 radical (unpaired) electrons. The minimum absolute atomic E-state index is 0. The van der Waals surface area contributed by atoms with Crippen molar-refractivity contribution in [2.45, 2.75) is 0 Å². The van der Waals surface area contributed by atoms with Crippen molar-refractivity contribution in [3.8, 4) is 0 Å². The summed E-state index contributed by atoms with van der Waals surface area (Å²) in [5.74, 6) is 0. The van der Waals surface area contributed by atoms with Crippen LogP contribution in [-0.4, -0.2) is 96.8 Å². The van der Waals surface area contributed by atoms with E-state index in [1.165, 1.54) is 0 Å². The Labute approximate surface area is 145 Å². The van der Waals surface area contributed by atoms with Crippen LogP contribution < -0.4 is 0 Å². The minimum atomic E-state index is 0. The zero-order chi connectivity index (χ0) is 0. The predicted molar refractivity (Wildman–Crippen MR) is 23.7 cm³/mol. The van der Waals surface area contributed by atoms with Gasteiger partial charge in [0.2, 0.25) is 0 Å². The fourth-order valence-electron chi connectivity index (χ4n) is 0. The van der Waals surface area contributed by atoms with Crippen LogP contribution in [0.4, 0.5) is 0 Å². The van der Waals surface area contributed by atoms with Crippen molar-refractivity contribution in [1.82, 2.24) is 0 Å². The zero-order valence-corrected chi connectivity index (χ0v) is 23.4. The fraction of sp³-hybridized carbons (Fsp3) is 0. The van der Waals surface area contributed by atoms with Gasteiger partial charge < -0.3 is 5.48 Å². The van der Waals surface area contributed by atoms with E-state index in [1.54, 1.807) is 0 Å². The van der Waals surface area contributed by atoms with E-state index in [1.807, 2.05) is 0 Å². The third-order valence-corrected chi connectivity index (χ3v) is 0. The van der Waals surface area contributed by atoms with Crippen LogP contribution in [0.5, 0.6) is 0 Å². The molecule has 0 rings (SSSR count). The maximum atomic E-state index is 0. The Bertz CT molecular complexity index is 19.7. The number of rotatable bonds is 0. The monoisotopic (exact) mass is 706 g/mol. The average molecular weight is 704 g/mol. The van der Waals surface area contributed by atoms with Gasteiger partial charge in [0.05, 0.1) is 0 Å². The number of hydrogen-bond donors (Lipinski definition) is 0. The first kappa shape index (κ1) is 60.3. The second-order valence-electron chi connectivity index (χ2n) is 0. The molecule has 0 atom stereocenters. The Morgan fingerprint density at radius 1 is 1.00 bits per heavy atom. The van der Waals surface area contributed by atoms with Gasteiger partial charge in [-0.05, 0) is 0 Å². The topological polar surface area (TPSA) is 28.5 Å². The Kier molecular flexibility index (Phi) is 391. The van der Waals surface area contributed by atoms with Gasteiger partial charge in [-0.25, -0.2) is 0 Å². The molecule has 7 heavy (non-hydrogen) atoms. The van der Waals surface area contributed by atoms with Crippen molar-refractivity contribution >= 4 is 96.8 Å². The first-order valence-electron chi connectivity index (χ1n) is 0. The molecule has 0 aliphatic heterocycles. The van der Waals surface area contributed by atoms with Crippen molar-refractivity contribution in [2.24, 2.45) is 0 Å². The van der Waals surface area contributed by atoms with E-state index in [4.69, 9.17) is 0 Å². The summed E-state index contributed by atoms with van der Waals surface area (Å²) in [5.41, 5.74) is 0. The smallest absolute Gasteiger partial charge is 2.00 e. The maximum absolute atomic E-state index is 0. The van der Waals surface area contributed by atoms with E-state index in [0.29, 0.717) is 0 Å². The van der Waals surface area contributed by atoms with Crippen LogP contribution in [0, 0.1) is 0 Å². The van der Waals surface area contributed by atoms with E-state index in [2.05, 4.69) is 0 Å². The second kappa shape index (κ2) is 45.4. The largest absolute Gasteiger partial charge is 2.00 e. The zero-order valence-electron chi connectivity index (χ0n) is 3.98. The third-order valence-electron chi connectivity index (χ3n) is 0. The van der Waals surface area contributed by atoms with Gasteiger partial charge in [0.25, 0.3) is 0 Å². The molecule has 0 aromatic rings. The van der Waals surface area contributed by atoms with Crippen molar-refractivity contribution in [1.29, 1.82) is 0 Å². The second-order valence-corrected chi connectivity index (χ2v) is 0. The Hall–Kier alpha value is 4.73. The van der Waals surface area contributed by atoms with Crippen molar-refractivity contribution in [2.75, 3.05) is 0 Å². The standard InChI is InChI=1S/Cd.Ga.In.O.Pb.Sn.Zn/q;;;-2;+2;;. The van der Waals surface area contributed by atoms with E-state index in [-0.39, 0.29) is 149 Å². The van der Waals surface area contributed by atoms with E-state index >= 15 is 0 Å². The molecule has 0 heterocycles. The first-order chi connectivity index (χ1) is 0. The van der Waals surface area contributed by atoms with Crippen LogP contribution in [-0.2, 0) is 52.3 Å². The molecule has 0 aliphatic rings. The molecular formula is CdGaInOPbSnZn. The van der Waals surface area contributed by atoms with Crippen molar-refractivity contribution in [3.05, 3.63) is 0 Å². The number of hydrogen-bond acceptors (Lipinski definition) is 0. The van der Waals surface area contributed by atoms with Gasteiger partial charge in [-0.3, -0.25) is 0 Å². The van der Waals surface area contributed by atoms with Crippen LogP contribution in [0.15, 0.2) is 0 Å². The molecule has 0 bridgehead atoms. The summed E-state index contributed by atoms with van der Waals surface area (Å²) >= 11 is 0. The van der Waals surface area contributed by atoms with Crippen LogP contribution in [0.3, 0.4) is 0 Å². The molecule has 7 heteroatoms. The van der Waals surface area contributed by atoms with Crippen LogP contribution in [0.25, 0.3) is 0 Å². The quantitative estimate of drug-likeness (QED) is 0.271. The summed E-state index contributed by atoms with van der Waals surface area (Å²) < 4.78 is 0. The summed E-state index contributed by atoms with van der Waals surface area (Å²) in [7, 11) is 0. The van der Waals surface area contributed by atoms with Gasteiger partial charge >= 0.3 is 27.3 Å². The van der Waals surface area contributed by atoms with Crippen LogP contribution >= 0.6 is 0 Å². The average Bonchev–Trinajstić information content (AvgIpc) is 0. The molecule has 0 saturated heterocycles. The molecule has 0 aromatic carbocycles. The molecule has 1 nitrogen and oxygen atoms in total.